The van der Waals surface area contributed by atoms with E-state index in [2.05, 4.69) is 10.4 Å². The van der Waals surface area contributed by atoms with Crippen LogP contribution in [0.3, 0.4) is 0 Å². The summed E-state index contributed by atoms with van der Waals surface area (Å²) in [4.78, 5) is 23.6. The number of halogens is 1. The number of rotatable bonds is 6. The molecule has 0 aliphatic heterocycles. The van der Waals surface area contributed by atoms with E-state index in [1.165, 1.54) is 17.8 Å². The number of nitrogens with zero attached hydrogens (tertiary/aromatic N) is 2. The van der Waals surface area contributed by atoms with Gasteiger partial charge in [0.25, 0.3) is 0 Å². The Morgan fingerprint density at radius 3 is 2.58 bits per heavy atom. The molecule has 0 aliphatic rings. The van der Waals surface area contributed by atoms with E-state index in [9.17, 15) is 14.7 Å². The van der Waals surface area contributed by atoms with Crippen molar-refractivity contribution in [1.29, 1.82) is 0 Å². The maximum atomic E-state index is 12.0. The van der Waals surface area contributed by atoms with E-state index in [1.807, 2.05) is 18.2 Å². The molecular formula is C16H18ClN3O4. The summed E-state index contributed by atoms with van der Waals surface area (Å²) >= 11 is 5.92. The minimum atomic E-state index is -1.59. The molecule has 0 fully saturated rings. The number of nitrogens with one attached hydrogen (secondary N) is 1. The molecule has 0 spiro atoms. The Labute approximate surface area is 144 Å². The molecule has 128 valence electrons. The van der Waals surface area contributed by atoms with Gasteiger partial charge in [0.2, 0.25) is 0 Å². The molecule has 2 aromatic rings. The molecule has 8 heteroatoms. The lowest BCUT2D eigenvalue weighted by Crippen LogP contribution is -2.55. The number of carboxylic acid groups (broad SMARTS) is 1. The molecule has 0 saturated carbocycles. The number of ether oxygens (including phenoxy) is 1. The molecule has 1 atom stereocenters. The summed E-state index contributed by atoms with van der Waals surface area (Å²) in [6, 6.07) is 9.10. The molecule has 2 N–H and O–H groups in total. The summed E-state index contributed by atoms with van der Waals surface area (Å²) in [6.45, 7) is 3.07. The first kappa shape index (κ1) is 17.8. The zero-order chi connectivity index (χ0) is 17.7. The Morgan fingerprint density at radius 1 is 1.38 bits per heavy atom. The van der Waals surface area contributed by atoms with Crippen LogP contribution in [0.5, 0.6) is 0 Å². The normalized spacial score (nSPS) is 13.1. The van der Waals surface area contributed by atoms with Crippen LogP contribution >= 0.6 is 11.6 Å². The Hall–Kier alpha value is -2.54. The van der Waals surface area contributed by atoms with Crippen LogP contribution in [0.1, 0.15) is 18.2 Å². The third-order valence-corrected chi connectivity index (χ3v) is 3.94. The fourth-order valence-electron chi connectivity index (χ4n) is 2.03. The fraction of sp³-hybridized carbons (Fsp3) is 0.312. The second-order valence-electron chi connectivity index (χ2n) is 5.56. The fourth-order valence-corrected chi connectivity index (χ4v) is 2.17. The molecule has 1 amide bonds. The monoisotopic (exact) mass is 351 g/mol. The van der Waals surface area contributed by atoms with Crippen molar-refractivity contribution in [2.24, 2.45) is 0 Å². The van der Waals surface area contributed by atoms with Crippen molar-refractivity contribution in [2.45, 2.75) is 32.5 Å². The van der Waals surface area contributed by atoms with E-state index in [4.69, 9.17) is 16.3 Å². The topological polar surface area (TPSA) is 93.5 Å². The smallest absolute Gasteiger partial charge is 0.408 e. The number of carbonyl (C=O) groups excluding carboxylic acids is 1. The standard InChI is InChI=1S/C16H18ClN3O4/c1-11-13(17)8-18-20(11)10-16(2,14(21)22)19-15(23)24-9-12-6-4-3-5-7-12/h3-8H,9-10H2,1-2H3,(H,19,23)(H,21,22). The molecule has 0 radical (unpaired) electrons. The summed E-state index contributed by atoms with van der Waals surface area (Å²) in [5.74, 6) is -1.20. The lowest BCUT2D eigenvalue weighted by Gasteiger charge is -2.26. The van der Waals surface area contributed by atoms with Gasteiger partial charge in [-0.1, -0.05) is 41.9 Å². The van der Waals surface area contributed by atoms with Gasteiger partial charge in [0.1, 0.15) is 6.61 Å². The van der Waals surface area contributed by atoms with Gasteiger partial charge in [-0.25, -0.2) is 9.59 Å². The molecule has 1 aromatic carbocycles. The molecule has 0 saturated heterocycles. The first-order valence-corrected chi connectivity index (χ1v) is 7.60. The van der Waals surface area contributed by atoms with Gasteiger partial charge in [-0.3, -0.25) is 4.68 Å². The molecule has 24 heavy (non-hydrogen) atoms. The van der Waals surface area contributed by atoms with Crippen LogP contribution in [0.15, 0.2) is 36.5 Å². The Balaban J connectivity index is 2.02. The van der Waals surface area contributed by atoms with Crippen LogP contribution < -0.4 is 5.32 Å². The van der Waals surface area contributed by atoms with Gasteiger partial charge in [0.05, 0.1) is 23.5 Å². The van der Waals surface area contributed by atoms with E-state index in [0.29, 0.717) is 10.7 Å². The number of carbonyl (C=O) groups is 2. The van der Waals surface area contributed by atoms with Gasteiger partial charge in [-0.15, -0.1) is 0 Å². The van der Waals surface area contributed by atoms with E-state index in [-0.39, 0.29) is 13.2 Å². The van der Waals surface area contributed by atoms with E-state index in [0.717, 1.165) is 5.56 Å². The highest BCUT2D eigenvalue weighted by Gasteiger charge is 2.37. The maximum absolute atomic E-state index is 12.0. The van der Waals surface area contributed by atoms with Crippen molar-refractivity contribution >= 4 is 23.7 Å². The van der Waals surface area contributed by atoms with Crippen LogP contribution in [-0.2, 0) is 22.7 Å². The number of aliphatic carboxylic acids is 1. The number of hydrogen-bond acceptors (Lipinski definition) is 4. The second kappa shape index (κ2) is 7.35. The molecular weight excluding hydrogens is 334 g/mol. The van der Waals surface area contributed by atoms with Gasteiger partial charge in [-0.2, -0.15) is 5.10 Å². The van der Waals surface area contributed by atoms with Gasteiger partial charge >= 0.3 is 12.1 Å². The Kier molecular flexibility index (Phi) is 5.46. The zero-order valence-corrected chi connectivity index (χ0v) is 14.1. The average Bonchev–Trinajstić information content (AvgIpc) is 2.85. The lowest BCUT2D eigenvalue weighted by molar-refractivity contribution is -0.144. The maximum Gasteiger partial charge on any atom is 0.408 e. The highest BCUT2D eigenvalue weighted by Crippen LogP contribution is 2.17. The third kappa shape index (κ3) is 4.26. The number of hydrogen-bond donors (Lipinski definition) is 2. The highest BCUT2D eigenvalue weighted by molar-refractivity contribution is 6.31. The van der Waals surface area contributed by atoms with Crippen LogP contribution in [0, 0.1) is 6.92 Å². The van der Waals surface area contributed by atoms with Crippen molar-refractivity contribution in [2.75, 3.05) is 0 Å². The number of amides is 1. The van der Waals surface area contributed by atoms with Crippen molar-refractivity contribution in [1.82, 2.24) is 15.1 Å². The molecule has 1 heterocycles. The summed E-state index contributed by atoms with van der Waals surface area (Å²) in [5, 5.41) is 16.3. The third-order valence-electron chi connectivity index (χ3n) is 3.57. The van der Waals surface area contributed by atoms with Gasteiger partial charge in [0.15, 0.2) is 5.54 Å². The first-order chi connectivity index (χ1) is 11.3. The van der Waals surface area contributed by atoms with Crippen molar-refractivity contribution < 1.29 is 19.4 Å². The van der Waals surface area contributed by atoms with Crippen molar-refractivity contribution in [3.63, 3.8) is 0 Å². The van der Waals surface area contributed by atoms with Crippen molar-refractivity contribution in [3.05, 3.63) is 52.8 Å². The van der Waals surface area contributed by atoms with Crippen molar-refractivity contribution in [3.8, 4) is 0 Å². The van der Waals surface area contributed by atoms with E-state index < -0.39 is 17.6 Å². The van der Waals surface area contributed by atoms with E-state index in [1.54, 1.807) is 19.1 Å². The SMILES string of the molecule is Cc1c(Cl)cnn1CC(C)(NC(=O)OCc1ccccc1)C(=O)O. The quantitative estimate of drug-likeness (QED) is 0.834. The number of carboxylic acids is 1. The van der Waals surface area contributed by atoms with Crippen LogP contribution in [-0.4, -0.2) is 32.5 Å². The summed E-state index contributed by atoms with van der Waals surface area (Å²) in [7, 11) is 0. The molecule has 7 nitrogen and oxygen atoms in total. The highest BCUT2D eigenvalue weighted by atomic mass is 35.5. The number of aromatic nitrogens is 2. The largest absolute Gasteiger partial charge is 0.479 e. The first-order valence-electron chi connectivity index (χ1n) is 7.22. The van der Waals surface area contributed by atoms with Gasteiger partial charge < -0.3 is 15.2 Å². The molecule has 1 unspecified atom stereocenters. The molecule has 0 aliphatic carbocycles. The second-order valence-corrected chi connectivity index (χ2v) is 5.97. The summed E-state index contributed by atoms with van der Waals surface area (Å²) in [6.07, 6.45) is 0.604. The predicted molar refractivity (Wildman–Crippen MR) is 87.8 cm³/mol. The number of alkyl carbamates (subject to hydrolysis) is 1. The predicted octanol–water partition coefficient (Wildman–Crippen LogP) is 2.61. The zero-order valence-electron chi connectivity index (χ0n) is 13.3. The Bertz CT molecular complexity index is 732. The molecule has 0 bridgehead atoms. The van der Waals surface area contributed by atoms with Gasteiger partial charge in [0, 0.05) is 0 Å². The van der Waals surface area contributed by atoms with Gasteiger partial charge in [-0.05, 0) is 19.4 Å². The van der Waals surface area contributed by atoms with Crippen LogP contribution in [0.4, 0.5) is 4.79 Å². The van der Waals surface area contributed by atoms with Crippen LogP contribution in [0.25, 0.3) is 0 Å². The Morgan fingerprint density at radius 2 is 2.04 bits per heavy atom. The minimum Gasteiger partial charge on any atom is -0.479 e. The summed E-state index contributed by atoms with van der Waals surface area (Å²) < 4.78 is 6.50. The summed E-state index contributed by atoms with van der Waals surface area (Å²) in [5.41, 5.74) is -0.170. The average molecular weight is 352 g/mol. The molecule has 2 rings (SSSR count). The van der Waals surface area contributed by atoms with E-state index >= 15 is 0 Å². The van der Waals surface area contributed by atoms with Crippen LogP contribution in [0.2, 0.25) is 5.02 Å². The minimum absolute atomic E-state index is 0.0506. The molecule has 1 aromatic heterocycles. The number of benzene rings is 1. The lowest BCUT2D eigenvalue weighted by atomic mass is 10.0.